The zero-order chi connectivity index (χ0) is 13.8. The van der Waals surface area contributed by atoms with Gasteiger partial charge in [0.1, 0.15) is 5.82 Å². The molecule has 0 unspecified atom stereocenters. The van der Waals surface area contributed by atoms with Crippen LogP contribution in [0.1, 0.15) is 21.6 Å². The first-order chi connectivity index (χ1) is 9.04. The van der Waals surface area contributed by atoms with E-state index < -0.39 is 0 Å². The summed E-state index contributed by atoms with van der Waals surface area (Å²) in [6.45, 7) is 2.21. The quantitative estimate of drug-likeness (QED) is 0.904. The Morgan fingerprint density at radius 1 is 1.37 bits per heavy atom. The zero-order valence-electron chi connectivity index (χ0n) is 10.5. The molecule has 0 spiro atoms. The summed E-state index contributed by atoms with van der Waals surface area (Å²) >= 11 is 5.88. The molecule has 0 saturated carbocycles. The number of nitrogens with zero attached hydrogens (tertiary/aromatic N) is 1. The second-order valence-corrected chi connectivity index (χ2v) is 4.67. The van der Waals surface area contributed by atoms with Crippen molar-refractivity contribution in [2.24, 2.45) is 0 Å². The summed E-state index contributed by atoms with van der Waals surface area (Å²) in [6, 6.07) is 10.6. The van der Waals surface area contributed by atoms with Gasteiger partial charge in [-0.2, -0.15) is 0 Å². The van der Waals surface area contributed by atoms with Gasteiger partial charge in [-0.15, -0.1) is 0 Å². The van der Waals surface area contributed by atoms with Gasteiger partial charge in [0.05, 0.1) is 0 Å². The van der Waals surface area contributed by atoms with Gasteiger partial charge in [-0.1, -0.05) is 23.7 Å². The van der Waals surface area contributed by atoms with Gasteiger partial charge in [-0.05, 0) is 36.8 Å². The molecule has 0 atom stereocenters. The van der Waals surface area contributed by atoms with Crippen molar-refractivity contribution in [2.75, 3.05) is 5.73 Å². The molecule has 0 fully saturated rings. The summed E-state index contributed by atoms with van der Waals surface area (Å²) in [5.74, 6) is 0.157. The molecule has 1 heterocycles. The second kappa shape index (κ2) is 5.71. The molecule has 5 heteroatoms. The molecule has 1 amide bonds. The highest BCUT2D eigenvalue weighted by molar-refractivity contribution is 6.30. The molecule has 1 aromatic carbocycles. The topological polar surface area (TPSA) is 68.0 Å². The van der Waals surface area contributed by atoms with E-state index in [1.54, 1.807) is 25.1 Å². The van der Waals surface area contributed by atoms with E-state index in [-0.39, 0.29) is 5.91 Å². The lowest BCUT2D eigenvalue weighted by Gasteiger charge is -2.07. The minimum Gasteiger partial charge on any atom is -0.384 e. The summed E-state index contributed by atoms with van der Waals surface area (Å²) in [5.41, 5.74) is 7.78. The van der Waals surface area contributed by atoms with Crippen LogP contribution in [0.5, 0.6) is 0 Å². The number of nitrogen functional groups attached to an aromatic ring is 1. The lowest BCUT2D eigenvalue weighted by atomic mass is 10.2. The Balaban J connectivity index is 2.05. The standard InChI is InChI=1S/C14H14ClN3O/c1-9-5-11(7-13(16)18-9)14(19)17-8-10-3-2-4-12(15)6-10/h2-7H,8H2,1H3,(H2,16,18)(H,17,19). The van der Waals surface area contributed by atoms with Crippen molar-refractivity contribution in [2.45, 2.75) is 13.5 Å². The van der Waals surface area contributed by atoms with Crippen molar-refractivity contribution in [1.82, 2.24) is 10.3 Å². The Bertz CT molecular complexity index is 593. The number of carbonyl (C=O) groups is 1. The molecule has 19 heavy (non-hydrogen) atoms. The maximum Gasteiger partial charge on any atom is 0.251 e. The van der Waals surface area contributed by atoms with Gasteiger partial charge in [-0.3, -0.25) is 4.79 Å². The highest BCUT2D eigenvalue weighted by Crippen LogP contribution is 2.11. The molecule has 0 aliphatic carbocycles. The number of aromatic nitrogens is 1. The van der Waals surface area contributed by atoms with Crippen LogP contribution < -0.4 is 11.1 Å². The minimum atomic E-state index is -0.183. The SMILES string of the molecule is Cc1cc(C(=O)NCc2cccc(Cl)c2)cc(N)n1. The number of nitrogens with one attached hydrogen (secondary N) is 1. The lowest BCUT2D eigenvalue weighted by molar-refractivity contribution is 0.0950. The van der Waals surface area contributed by atoms with Crippen molar-refractivity contribution in [1.29, 1.82) is 0 Å². The molecular weight excluding hydrogens is 262 g/mol. The third kappa shape index (κ3) is 3.69. The largest absolute Gasteiger partial charge is 0.384 e. The van der Waals surface area contributed by atoms with E-state index in [0.29, 0.717) is 28.6 Å². The third-order valence-electron chi connectivity index (χ3n) is 2.58. The average molecular weight is 276 g/mol. The van der Waals surface area contributed by atoms with Crippen molar-refractivity contribution in [3.63, 3.8) is 0 Å². The highest BCUT2D eigenvalue weighted by Gasteiger charge is 2.07. The van der Waals surface area contributed by atoms with Gasteiger partial charge in [0.2, 0.25) is 0 Å². The number of rotatable bonds is 3. The molecule has 2 aromatic rings. The Kier molecular flexibility index (Phi) is 4.02. The van der Waals surface area contributed by atoms with E-state index >= 15 is 0 Å². The third-order valence-corrected chi connectivity index (χ3v) is 2.81. The number of hydrogen-bond donors (Lipinski definition) is 2. The van der Waals surface area contributed by atoms with Gasteiger partial charge < -0.3 is 11.1 Å². The van der Waals surface area contributed by atoms with Gasteiger partial charge in [-0.25, -0.2) is 4.98 Å². The molecule has 4 nitrogen and oxygen atoms in total. The maximum absolute atomic E-state index is 12.0. The monoisotopic (exact) mass is 275 g/mol. The van der Waals surface area contributed by atoms with Crippen LogP contribution in [0.15, 0.2) is 36.4 Å². The number of hydrogen-bond acceptors (Lipinski definition) is 3. The van der Waals surface area contributed by atoms with Crippen molar-refractivity contribution >= 4 is 23.3 Å². The fourth-order valence-electron chi connectivity index (χ4n) is 1.76. The molecule has 0 aliphatic rings. The Morgan fingerprint density at radius 2 is 2.16 bits per heavy atom. The number of benzene rings is 1. The number of carbonyl (C=O) groups excluding carboxylic acids is 1. The van der Waals surface area contributed by atoms with Crippen LogP contribution in [-0.2, 0) is 6.54 Å². The van der Waals surface area contributed by atoms with Gasteiger partial charge in [0.15, 0.2) is 0 Å². The predicted molar refractivity (Wildman–Crippen MR) is 76.0 cm³/mol. The number of nitrogens with two attached hydrogens (primary N) is 1. The summed E-state index contributed by atoms with van der Waals surface area (Å²) in [5, 5.41) is 3.46. The van der Waals surface area contributed by atoms with E-state index in [2.05, 4.69) is 10.3 Å². The Morgan fingerprint density at radius 3 is 2.84 bits per heavy atom. The smallest absolute Gasteiger partial charge is 0.251 e. The summed E-state index contributed by atoms with van der Waals surface area (Å²) in [7, 11) is 0. The summed E-state index contributed by atoms with van der Waals surface area (Å²) in [6.07, 6.45) is 0. The van der Waals surface area contributed by atoms with Crippen LogP contribution in [0, 0.1) is 6.92 Å². The molecule has 0 aliphatic heterocycles. The fourth-order valence-corrected chi connectivity index (χ4v) is 1.97. The molecule has 0 radical (unpaired) electrons. The molecule has 2 rings (SSSR count). The Hall–Kier alpha value is -2.07. The van der Waals surface area contributed by atoms with Crippen LogP contribution in [-0.4, -0.2) is 10.9 Å². The highest BCUT2D eigenvalue weighted by atomic mass is 35.5. The predicted octanol–water partition coefficient (Wildman–Crippen LogP) is 2.56. The van der Waals surface area contributed by atoms with Crippen LogP contribution in [0.25, 0.3) is 0 Å². The average Bonchev–Trinajstić information content (AvgIpc) is 2.35. The molecule has 3 N–H and O–H groups in total. The fraction of sp³-hybridized carbons (Fsp3) is 0.143. The number of anilines is 1. The first-order valence-electron chi connectivity index (χ1n) is 5.81. The summed E-state index contributed by atoms with van der Waals surface area (Å²) in [4.78, 5) is 16.0. The molecule has 98 valence electrons. The van der Waals surface area contributed by atoms with E-state index in [1.807, 2.05) is 18.2 Å². The van der Waals surface area contributed by atoms with Gasteiger partial charge >= 0.3 is 0 Å². The normalized spacial score (nSPS) is 10.2. The second-order valence-electron chi connectivity index (χ2n) is 4.23. The first kappa shape index (κ1) is 13.4. The van der Waals surface area contributed by atoms with E-state index in [4.69, 9.17) is 17.3 Å². The zero-order valence-corrected chi connectivity index (χ0v) is 11.2. The van der Waals surface area contributed by atoms with Gasteiger partial charge in [0, 0.05) is 22.8 Å². The molecule has 0 saturated heterocycles. The molecular formula is C14H14ClN3O. The number of halogens is 1. The van der Waals surface area contributed by atoms with Crippen LogP contribution in [0.4, 0.5) is 5.82 Å². The minimum absolute atomic E-state index is 0.183. The van der Waals surface area contributed by atoms with E-state index in [9.17, 15) is 4.79 Å². The van der Waals surface area contributed by atoms with Crippen molar-refractivity contribution in [3.8, 4) is 0 Å². The Labute approximate surface area is 116 Å². The van der Waals surface area contributed by atoms with Crippen molar-refractivity contribution < 1.29 is 4.79 Å². The lowest BCUT2D eigenvalue weighted by Crippen LogP contribution is -2.23. The number of aryl methyl sites for hydroxylation is 1. The maximum atomic E-state index is 12.0. The van der Waals surface area contributed by atoms with E-state index in [0.717, 1.165) is 5.56 Å². The van der Waals surface area contributed by atoms with Gasteiger partial charge in [0.25, 0.3) is 5.91 Å². The first-order valence-corrected chi connectivity index (χ1v) is 6.19. The number of pyridine rings is 1. The van der Waals surface area contributed by atoms with Crippen LogP contribution >= 0.6 is 11.6 Å². The van der Waals surface area contributed by atoms with Crippen molar-refractivity contribution in [3.05, 3.63) is 58.2 Å². The van der Waals surface area contributed by atoms with Crippen LogP contribution in [0.2, 0.25) is 5.02 Å². The summed E-state index contributed by atoms with van der Waals surface area (Å²) < 4.78 is 0. The molecule has 1 aromatic heterocycles. The van der Waals surface area contributed by atoms with E-state index in [1.165, 1.54) is 0 Å². The van der Waals surface area contributed by atoms with Crippen LogP contribution in [0.3, 0.4) is 0 Å². The number of amides is 1. The molecule has 0 bridgehead atoms.